The molecule has 0 saturated carbocycles. The summed E-state index contributed by atoms with van der Waals surface area (Å²) in [6, 6.07) is 9.86. The Morgan fingerprint density at radius 3 is 2.83 bits per heavy atom. The maximum atomic E-state index is 9.00. The SMILES string of the molecule is CCC1=CC=C(NCc2ccccc2C#N)NC1. The zero-order chi connectivity index (χ0) is 12.8. The van der Waals surface area contributed by atoms with Crippen LogP contribution in [0.5, 0.6) is 0 Å². The van der Waals surface area contributed by atoms with Crippen molar-refractivity contribution in [2.45, 2.75) is 19.9 Å². The number of allylic oxidation sites excluding steroid dienone is 2. The first-order valence-electron chi connectivity index (χ1n) is 6.19. The summed E-state index contributed by atoms with van der Waals surface area (Å²) >= 11 is 0. The maximum absolute atomic E-state index is 9.00. The van der Waals surface area contributed by atoms with Crippen LogP contribution in [0.15, 0.2) is 47.8 Å². The van der Waals surface area contributed by atoms with Crippen molar-refractivity contribution >= 4 is 0 Å². The van der Waals surface area contributed by atoms with Crippen molar-refractivity contribution < 1.29 is 0 Å². The van der Waals surface area contributed by atoms with Gasteiger partial charge in [0.05, 0.1) is 17.5 Å². The van der Waals surface area contributed by atoms with Gasteiger partial charge in [-0.3, -0.25) is 0 Å². The lowest BCUT2D eigenvalue weighted by Crippen LogP contribution is -2.29. The first-order valence-corrected chi connectivity index (χ1v) is 6.19. The summed E-state index contributed by atoms with van der Waals surface area (Å²) in [5.41, 5.74) is 3.15. The van der Waals surface area contributed by atoms with Crippen LogP contribution in [0.2, 0.25) is 0 Å². The zero-order valence-corrected chi connectivity index (χ0v) is 10.5. The minimum absolute atomic E-state index is 0.665. The number of hydrogen-bond donors (Lipinski definition) is 2. The first-order chi connectivity index (χ1) is 8.83. The molecule has 3 nitrogen and oxygen atoms in total. The fraction of sp³-hybridized carbons (Fsp3) is 0.267. The van der Waals surface area contributed by atoms with Crippen LogP contribution in [0.3, 0.4) is 0 Å². The second kappa shape index (κ2) is 5.92. The first kappa shape index (κ1) is 12.3. The highest BCUT2D eigenvalue weighted by molar-refractivity contribution is 5.37. The van der Waals surface area contributed by atoms with Crippen molar-refractivity contribution in [1.82, 2.24) is 10.6 Å². The molecule has 18 heavy (non-hydrogen) atoms. The van der Waals surface area contributed by atoms with Gasteiger partial charge in [-0.15, -0.1) is 0 Å². The number of nitrogens with one attached hydrogen (secondary N) is 2. The molecule has 0 amide bonds. The summed E-state index contributed by atoms with van der Waals surface area (Å²) in [5, 5.41) is 15.6. The fourth-order valence-corrected chi connectivity index (χ4v) is 1.87. The molecular formula is C15H17N3. The van der Waals surface area contributed by atoms with E-state index in [1.807, 2.05) is 24.3 Å². The molecule has 2 rings (SSSR count). The fourth-order valence-electron chi connectivity index (χ4n) is 1.87. The Morgan fingerprint density at radius 1 is 1.33 bits per heavy atom. The third-order valence-electron chi connectivity index (χ3n) is 3.05. The molecule has 0 spiro atoms. The average Bonchev–Trinajstić information content (AvgIpc) is 2.46. The molecule has 2 N–H and O–H groups in total. The normalized spacial score (nSPS) is 14.0. The van der Waals surface area contributed by atoms with E-state index in [1.54, 1.807) is 0 Å². The molecule has 92 valence electrons. The summed E-state index contributed by atoms with van der Waals surface area (Å²) in [5.74, 6) is 1.01. The molecule has 1 heterocycles. The highest BCUT2D eigenvalue weighted by Gasteiger charge is 2.05. The van der Waals surface area contributed by atoms with E-state index in [0.29, 0.717) is 6.54 Å². The van der Waals surface area contributed by atoms with Crippen LogP contribution in [0.4, 0.5) is 0 Å². The van der Waals surface area contributed by atoms with Gasteiger partial charge in [0.15, 0.2) is 0 Å². The van der Waals surface area contributed by atoms with Crippen molar-refractivity contribution in [1.29, 1.82) is 5.26 Å². The second-order valence-electron chi connectivity index (χ2n) is 4.23. The largest absolute Gasteiger partial charge is 0.368 e. The van der Waals surface area contributed by atoms with E-state index in [4.69, 9.17) is 5.26 Å². The number of rotatable bonds is 4. The monoisotopic (exact) mass is 239 g/mol. The summed E-state index contributed by atoms with van der Waals surface area (Å²) < 4.78 is 0. The highest BCUT2D eigenvalue weighted by Crippen LogP contribution is 2.09. The van der Waals surface area contributed by atoms with E-state index in [-0.39, 0.29) is 0 Å². The van der Waals surface area contributed by atoms with Gasteiger partial charge in [-0.05, 0) is 24.1 Å². The van der Waals surface area contributed by atoms with E-state index < -0.39 is 0 Å². The van der Waals surface area contributed by atoms with Crippen molar-refractivity contribution in [3.05, 3.63) is 58.9 Å². The summed E-state index contributed by atoms with van der Waals surface area (Å²) in [6.45, 7) is 3.72. The van der Waals surface area contributed by atoms with Crippen LogP contribution in [0.25, 0.3) is 0 Å². The Labute approximate surface area is 108 Å². The molecule has 0 radical (unpaired) electrons. The summed E-state index contributed by atoms with van der Waals surface area (Å²) in [6.07, 6.45) is 5.28. The van der Waals surface area contributed by atoms with Gasteiger partial charge >= 0.3 is 0 Å². The molecular weight excluding hydrogens is 222 g/mol. The van der Waals surface area contributed by atoms with Gasteiger partial charge in [0.2, 0.25) is 0 Å². The minimum Gasteiger partial charge on any atom is -0.368 e. The third kappa shape index (κ3) is 2.92. The van der Waals surface area contributed by atoms with Crippen LogP contribution in [0.1, 0.15) is 24.5 Å². The molecule has 0 aromatic heterocycles. The molecule has 3 heteroatoms. The average molecular weight is 239 g/mol. The number of dihydropyridines is 1. The lowest BCUT2D eigenvalue weighted by molar-refractivity contribution is 0.690. The predicted molar refractivity (Wildman–Crippen MR) is 72.5 cm³/mol. The van der Waals surface area contributed by atoms with E-state index in [1.165, 1.54) is 5.57 Å². The smallest absolute Gasteiger partial charge is 0.0995 e. The number of hydrogen-bond acceptors (Lipinski definition) is 3. The van der Waals surface area contributed by atoms with Crippen LogP contribution < -0.4 is 10.6 Å². The van der Waals surface area contributed by atoms with Crippen LogP contribution in [-0.4, -0.2) is 6.54 Å². The molecule has 0 saturated heterocycles. The number of nitrogens with zero attached hydrogens (tertiary/aromatic N) is 1. The second-order valence-corrected chi connectivity index (χ2v) is 4.23. The highest BCUT2D eigenvalue weighted by atomic mass is 15.1. The van der Waals surface area contributed by atoms with Crippen molar-refractivity contribution in [2.24, 2.45) is 0 Å². The van der Waals surface area contributed by atoms with Gasteiger partial charge in [0.25, 0.3) is 0 Å². The molecule has 1 aromatic carbocycles. The Morgan fingerprint density at radius 2 is 2.17 bits per heavy atom. The summed E-state index contributed by atoms with van der Waals surface area (Å²) in [4.78, 5) is 0. The Bertz CT molecular complexity index is 521. The molecule has 0 unspecified atom stereocenters. The van der Waals surface area contributed by atoms with E-state index in [9.17, 15) is 0 Å². The molecule has 0 bridgehead atoms. The van der Waals surface area contributed by atoms with Gasteiger partial charge < -0.3 is 10.6 Å². The van der Waals surface area contributed by atoms with Crippen molar-refractivity contribution in [3.63, 3.8) is 0 Å². The molecule has 1 aromatic rings. The Balaban J connectivity index is 1.99. The zero-order valence-electron chi connectivity index (χ0n) is 10.5. The molecule has 0 aliphatic carbocycles. The van der Waals surface area contributed by atoms with Gasteiger partial charge in [0, 0.05) is 13.1 Å². The molecule has 0 fully saturated rings. The summed E-state index contributed by atoms with van der Waals surface area (Å²) in [7, 11) is 0. The van der Waals surface area contributed by atoms with Crippen LogP contribution in [-0.2, 0) is 6.54 Å². The molecule has 0 atom stereocenters. The van der Waals surface area contributed by atoms with Crippen molar-refractivity contribution in [3.8, 4) is 6.07 Å². The van der Waals surface area contributed by atoms with Gasteiger partial charge in [-0.1, -0.05) is 36.8 Å². The van der Waals surface area contributed by atoms with E-state index in [2.05, 4.69) is 35.8 Å². The van der Waals surface area contributed by atoms with Crippen LogP contribution in [0, 0.1) is 11.3 Å². The predicted octanol–water partition coefficient (Wildman–Crippen LogP) is 2.43. The molecule has 1 aliphatic rings. The number of benzene rings is 1. The van der Waals surface area contributed by atoms with Crippen LogP contribution >= 0.6 is 0 Å². The topological polar surface area (TPSA) is 47.9 Å². The van der Waals surface area contributed by atoms with Gasteiger partial charge in [-0.25, -0.2) is 0 Å². The Hall–Kier alpha value is -2.21. The maximum Gasteiger partial charge on any atom is 0.0995 e. The quantitative estimate of drug-likeness (QED) is 0.848. The molecule has 1 aliphatic heterocycles. The third-order valence-corrected chi connectivity index (χ3v) is 3.05. The number of nitriles is 1. The van der Waals surface area contributed by atoms with Gasteiger partial charge in [0.1, 0.15) is 0 Å². The van der Waals surface area contributed by atoms with E-state index >= 15 is 0 Å². The standard InChI is InChI=1S/C15H17N3/c1-2-12-7-8-15(17-10-12)18-11-14-6-4-3-5-13(14)9-16/h3-8,17-18H,2,10-11H2,1H3. The lowest BCUT2D eigenvalue weighted by atomic mass is 10.1. The van der Waals surface area contributed by atoms with E-state index in [0.717, 1.165) is 29.9 Å². The Kier molecular flexibility index (Phi) is 4.03. The van der Waals surface area contributed by atoms with Crippen molar-refractivity contribution in [2.75, 3.05) is 6.54 Å². The van der Waals surface area contributed by atoms with Gasteiger partial charge in [-0.2, -0.15) is 5.26 Å². The lowest BCUT2D eigenvalue weighted by Gasteiger charge is -2.18. The minimum atomic E-state index is 0.665.